The van der Waals surface area contributed by atoms with E-state index < -0.39 is 23.5 Å². The molecule has 0 aliphatic rings. The maximum atomic E-state index is 14.0. The van der Waals surface area contributed by atoms with Gasteiger partial charge < -0.3 is 14.9 Å². The Kier molecular flexibility index (Phi) is 7.44. The number of fused-ring (bicyclic) bond motifs is 1. The monoisotopic (exact) mass is 524 g/mol. The number of hydrogen-bond acceptors (Lipinski definition) is 3. The average Bonchev–Trinajstić information content (AvgIpc) is 2.85. The molecule has 196 valence electrons. The number of aliphatic carboxylic acids is 1. The van der Waals surface area contributed by atoms with E-state index >= 15 is 0 Å². The predicted molar refractivity (Wildman–Crippen MR) is 138 cm³/mol. The molecule has 38 heavy (non-hydrogen) atoms. The van der Waals surface area contributed by atoms with E-state index in [1.165, 1.54) is 31.2 Å². The number of alkyl halides is 3. The Hall–Kier alpha value is -4.33. The first-order valence-corrected chi connectivity index (χ1v) is 11.8. The van der Waals surface area contributed by atoms with Crippen molar-refractivity contribution in [1.82, 2.24) is 0 Å². The molecular formula is C30H24F4O4. The Morgan fingerprint density at radius 3 is 2.34 bits per heavy atom. The maximum Gasteiger partial charge on any atom is 0.417 e. The molecule has 0 aliphatic carbocycles. The van der Waals surface area contributed by atoms with Gasteiger partial charge in [-0.05, 0) is 84.0 Å². The van der Waals surface area contributed by atoms with Crippen molar-refractivity contribution in [2.45, 2.75) is 32.9 Å². The standard InChI is InChI=1S/C30H24F4O4/c1-3-4-20-14-21-15-23(35)10-12-25(21)28(27(20)18-5-8-22(31)9-6-18)38-24-11-7-19(13-17(2)29(36)37)26(16-24)30(32,33)34/h5-16,35H,3-4H2,1-2H3,(H,36,37)/b17-13+. The molecule has 0 heterocycles. The fourth-order valence-electron chi connectivity index (χ4n) is 4.31. The number of carboxylic acids is 1. The number of halogens is 4. The summed E-state index contributed by atoms with van der Waals surface area (Å²) in [6, 6.07) is 15.6. The molecule has 0 saturated heterocycles. The van der Waals surface area contributed by atoms with Gasteiger partial charge in [0.05, 0.1) is 5.56 Å². The number of phenolic OH excluding ortho intramolecular Hbond substituents is 1. The Labute approximate surface area is 216 Å². The molecule has 0 aliphatic heterocycles. The van der Waals surface area contributed by atoms with Crippen molar-refractivity contribution in [2.75, 3.05) is 0 Å². The summed E-state index contributed by atoms with van der Waals surface area (Å²) >= 11 is 0. The number of carbonyl (C=O) groups is 1. The van der Waals surface area contributed by atoms with Crippen LogP contribution in [0.2, 0.25) is 0 Å². The summed E-state index contributed by atoms with van der Waals surface area (Å²) in [5, 5.41) is 20.3. The fourth-order valence-corrected chi connectivity index (χ4v) is 4.31. The van der Waals surface area contributed by atoms with Crippen LogP contribution in [0.1, 0.15) is 37.0 Å². The van der Waals surface area contributed by atoms with Crippen LogP contribution in [0.15, 0.2) is 72.3 Å². The van der Waals surface area contributed by atoms with E-state index in [4.69, 9.17) is 9.84 Å². The highest BCUT2D eigenvalue weighted by Gasteiger charge is 2.34. The zero-order valence-corrected chi connectivity index (χ0v) is 20.6. The molecule has 2 N–H and O–H groups in total. The van der Waals surface area contributed by atoms with Crippen LogP contribution in [0, 0.1) is 5.82 Å². The Morgan fingerprint density at radius 2 is 1.71 bits per heavy atom. The zero-order valence-electron chi connectivity index (χ0n) is 20.6. The van der Waals surface area contributed by atoms with E-state index in [1.807, 2.05) is 13.0 Å². The Bertz CT molecular complexity index is 1540. The number of phenols is 1. The van der Waals surface area contributed by atoms with Gasteiger partial charge in [0.25, 0.3) is 0 Å². The van der Waals surface area contributed by atoms with Crippen molar-refractivity contribution in [3.63, 3.8) is 0 Å². The molecule has 4 nitrogen and oxygen atoms in total. The highest BCUT2D eigenvalue weighted by atomic mass is 19.4. The number of aryl methyl sites for hydroxylation is 1. The van der Waals surface area contributed by atoms with E-state index in [1.54, 1.807) is 24.3 Å². The third-order valence-electron chi connectivity index (χ3n) is 6.07. The minimum atomic E-state index is -4.78. The second kappa shape index (κ2) is 10.6. The molecule has 0 atom stereocenters. The Morgan fingerprint density at radius 1 is 1.00 bits per heavy atom. The van der Waals surface area contributed by atoms with E-state index in [0.717, 1.165) is 30.2 Å². The summed E-state index contributed by atoms with van der Waals surface area (Å²) in [6.45, 7) is 3.19. The van der Waals surface area contributed by atoms with Gasteiger partial charge in [-0.2, -0.15) is 13.2 Å². The number of aromatic hydroxyl groups is 1. The normalized spacial score (nSPS) is 12.1. The largest absolute Gasteiger partial charge is 0.508 e. The van der Waals surface area contributed by atoms with Crippen LogP contribution in [-0.2, 0) is 17.4 Å². The zero-order chi connectivity index (χ0) is 27.6. The van der Waals surface area contributed by atoms with Gasteiger partial charge in [-0.3, -0.25) is 0 Å². The summed E-state index contributed by atoms with van der Waals surface area (Å²) in [5.74, 6) is -1.60. The van der Waals surface area contributed by atoms with Crippen molar-refractivity contribution in [2.24, 2.45) is 0 Å². The minimum Gasteiger partial charge on any atom is -0.508 e. The molecule has 0 bridgehead atoms. The minimum absolute atomic E-state index is 0.0183. The van der Waals surface area contributed by atoms with Crippen LogP contribution in [-0.4, -0.2) is 16.2 Å². The highest BCUT2D eigenvalue weighted by Crippen LogP contribution is 2.45. The van der Waals surface area contributed by atoms with Crippen LogP contribution < -0.4 is 4.74 Å². The van der Waals surface area contributed by atoms with Crippen molar-refractivity contribution in [3.05, 3.63) is 94.8 Å². The second-order valence-corrected chi connectivity index (χ2v) is 8.88. The van der Waals surface area contributed by atoms with Crippen molar-refractivity contribution >= 4 is 22.8 Å². The number of benzene rings is 4. The van der Waals surface area contributed by atoms with Crippen molar-refractivity contribution < 1.29 is 37.3 Å². The van der Waals surface area contributed by atoms with Crippen molar-refractivity contribution in [1.29, 1.82) is 0 Å². The molecule has 0 aromatic heterocycles. The number of hydrogen-bond donors (Lipinski definition) is 2. The SMILES string of the molecule is CCCc1cc2cc(O)ccc2c(Oc2ccc(/C=C(\C)C(=O)O)c(C(F)(F)F)c2)c1-c1ccc(F)cc1. The number of carboxylic acid groups (broad SMARTS) is 1. The predicted octanol–water partition coefficient (Wildman–Crippen LogP) is 8.60. The molecule has 4 rings (SSSR count). The molecule has 0 fully saturated rings. The van der Waals surface area contributed by atoms with Crippen LogP contribution >= 0.6 is 0 Å². The summed E-state index contributed by atoms with van der Waals surface area (Å²) in [4.78, 5) is 11.2. The third-order valence-corrected chi connectivity index (χ3v) is 6.07. The van der Waals surface area contributed by atoms with Crippen LogP contribution in [0.4, 0.5) is 17.6 Å². The van der Waals surface area contributed by atoms with Gasteiger partial charge >= 0.3 is 12.1 Å². The lowest BCUT2D eigenvalue weighted by Gasteiger charge is -2.20. The van der Waals surface area contributed by atoms with Crippen LogP contribution in [0.5, 0.6) is 17.2 Å². The molecule has 0 spiro atoms. The molecule has 8 heteroatoms. The van der Waals surface area contributed by atoms with Crippen LogP contribution in [0.25, 0.3) is 28.0 Å². The summed E-state index contributed by atoms with van der Waals surface area (Å²) < 4.78 is 61.8. The first-order chi connectivity index (χ1) is 18.0. The van der Waals surface area contributed by atoms with Gasteiger partial charge in [-0.15, -0.1) is 0 Å². The first-order valence-electron chi connectivity index (χ1n) is 11.8. The van der Waals surface area contributed by atoms with Gasteiger partial charge in [0, 0.05) is 16.5 Å². The second-order valence-electron chi connectivity index (χ2n) is 8.88. The van der Waals surface area contributed by atoms with Crippen molar-refractivity contribution in [3.8, 4) is 28.4 Å². The van der Waals surface area contributed by atoms with E-state index in [-0.39, 0.29) is 28.4 Å². The van der Waals surface area contributed by atoms with Gasteiger partial charge in [-0.25, -0.2) is 9.18 Å². The third kappa shape index (κ3) is 5.64. The number of rotatable bonds is 7. The summed E-state index contributed by atoms with van der Waals surface area (Å²) in [7, 11) is 0. The lowest BCUT2D eigenvalue weighted by Crippen LogP contribution is -2.08. The lowest BCUT2D eigenvalue weighted by molar-refractivity contribution is -0.138. The summed E-state index contributed by atoms with van der Waals surface area (Å²) in [5.41, 5.74) is 0.432. The first kappa shape index (κ1) is 26.7. The smallest absolute Gasteiger partial charge is 0.417 e. The van der Waals surface area contributed by atoms with Gasteiger partial charge in [0.1, 0.15) is 23.1 Å². The maximum absolute atomic E-state index is 14.0. The van der Waals surface area contributed by atoms with E-state index in [0.29, 0.717) is 28.3 Å². The molecular weight excluding hydrogens is 500 g/mol. The van der Waals surface area contributed by atoms with Gasteiger partial charge in [0.2, 0.25) is 0 Å². The average molecular weight is 525 g/mol. The van der Waals surface area contributed by atoms with Gasteiger partial charge in [-0.1, -0.05) is 37.6 Å². The molecule has 4 aromatic carbocycles. The van der Waals surface area contributed by atoms with Gasteiger partial charge in [0.15, 0.2) is 0 Å². The fraction of sp³-hybridized carbons (Fsp3) is 0.167. The number of ether oxygens (including phenoxy) is 1. The highest BCUT2D eigenvalue weighted by molar-refractivity contribution is 5.98. The summed E-state index contributed by atoms with van der Waals surface area (Å²) in [6.07, 6.45) is -2.47. The van der Waals surface area contributed by atoms with Crippen LogP contribution in [0.3, 0.4) is 0 Å². The Balaban J connectivity index is 1.96. The van der Waals surface area contributed by atoms with E-state index in [2.05, 4.69) is 0 Å². The topological polar surface area (TPSA) is 66.8 Å². The van der Waals surface area contributed by atoms with E-state index in [9.17, 15) is 27.5 Å². The molecule has 0 saturated carbocycles. The molecule has 0 unspecified atom stereocenters. The molecule has 4 aromatic rings. The quantitative estimate of drug-likeness (QED) is 0.188. The lowest BCUT2D eigenvalue weighted by atomic mass is 9.91. The molecule has 0 radical (unpaired) electrons. The molecule has 0 amide bonds.